The predicted octanol–water partition coefficient (Wildman–Crippen LogP) is 3.74. The fraction of sp³-hybridized carbons (Fsp3) is 0.235. The highest BCUT2D eigenvalue weighted by atomic mass is 32.1. The standard InChI is InChI=1S/C17H16FN3O2S/c1-9(2)21-8-19-14-13(10(3)24-15(14)17(21)23)16(22)20-12-7-5-4-6-11(12)18/h4-9H,1-3H3,(H,20,22). The van der Waals surface area contributed by atoms with Crippen LogP contribution in [0.3, 0.4) is 0 Å². The number of para-hydroxylation sites is 1. The first-order valence-electron chi connectivity index (χ1n) is 7.46. The SMILES string of the molecule is Cc1sc2c(=O)n(C(C)C)cnc2c1C(=O)Nc1ccccc1F. The Bertz CT molecular complexity index is 991. The first-order chi connectivity index (χ1) is 11.4. The van der Waals surface area contributed by atoms with Crippen LogP contribution < -0.4 is 10.9 Å². The zero-order chi connectivity index (χ0) is 17.4. The molecule has 0 aliphatic rings. The van der Waals surface area contributed by atoms with Crippen LogP contribution in [0.5, 0.6) is 0 Å². The van der Waals surface area contributed by atoms with Crippen LogP contribution in [0.1, 0.15) is 35.1 Å². The van der Waals surface area contributed by atoms with E-state index >= 15 is 0 Å². The Morgan fingerprint density at radius 1 is 1.33 bits per heavy atom. The summed E-state index contributed by atoms with van der Waals surface area (Å²) in [5.41, 5.74) is 0.587. The third kappa shape index (κ3) is 2.71. The second-order valence-electron chi connectivity index (χ2n) is 5.70. The van der Waals surface area contributed by atoms with Crippen molar-refractivity contribution in [3.63, 3.8) is 0 Å². The van der Waals surface area contributed by atoms with Gasteiger partial charge in [-0.15, -0.1) is 11.3 Å². The molecule has 1 amide bonds. The van der Waals surface area contributed by atoms with Crippen LogP contribution in [0.2, 0.25) is 0 Å². The first kappa shape index (κ1) is 16.3. The molecule has 0 aliphatic carbocycles. The Labute approximate surface area is 141 Å². The summed E-state index contributed by atoms with van der Waals surface area (Å²) >= 11 is 1.23. The zero-order valence-electron chi connectivity index (χ0n) is 13.5. The number of hydrogen-bond donors (Lipinski definition) is 1. The second kappa shape index (κ2) is 6.16. The maximum Gasteiger partial charge on any atom is 0.271 e. The van der Waals surface area contributed by atoms with Crippen molar-refractivity contribution in [1.82, 2.24) is 9.55 Å². The van der Waals surface area contributed by atoms with E-state index in [9.17, 15) is 14.0 Å². The van der Waals surface area contributed by atoms with Crippen LogP contribution in [0.25, 0.3) is 10.2 Å². The summed E-state index contributed by atoms with van der Waals surface area (Å²) in [5.74, 6) is -0.990. The minimum atomic E-state index is -0.516. The van der Waals surface area contributed by atoms with E-state index in [1.165, 1.54) is 34.4 Å². The summed E-state index contributed by atoms with van der Waals surface area (Å²) in [6.07, 6.45) is 1.45. The van der Waals surface area contributed by atoms with E-state index in [4.69, 9.17) is 0 Å². The first-order valence-corrected chi connectivity index (χ1v) is 8.28. The van der Waals surface area contributed by atoms with E-state index in [2.05, 4.69) is 10.3 Å². The Morgan fingerprint density at radius 3 is 2.71 bits per heavy atom. The smallest absolute Gasteiger partial charge is 0.271 e. The van der Waals surface area contributed by atoms with Gasteiger partial charge in [-0.2, -0.15) is 0 Å². The quantitative estimate of drug-likeness (QED) is 0.786. The van der Waals surface area contributed by atoms with Crippen LogP contribution >= 0.6 is 11.3 Å². The number of anilines is 1. The minimum absolute atomic E-state index is 0.0208. The van der Waals surface area contributed by atoms with E-state index < -0.39 is 11.7 Å². The number of benzene rings is 1. The number of aromatic nitrogens is 2. The predicted molar refractivity (Wildman–Crippen MR) is 93.4 cm³/mol. The number of carbonyl (C=O) groups excluding carboxylic acids is 1. The second-order valence-corrected chi connectivity index (χ2v) is 6.92. The molecular weight excluding hydrogens is 329 g/mol. The molecule has 0 saturated carbocycles. The van der Waals surface area contributed by atoms with Gasteiger partial charge in [0.15, 0.2) is 0 Å². The highest BCUT2D eigenvalue weighted by molar-refractivity contribution is 7.19. The number of aryl methyl sites for hydroxylation is 1. The lowest BCUT2D eigenvalue weighted by molar-refractivity contribution is 0.102. The van der Waals surface area contributed by atoms with E-state index in [0.717, 1.165) is 0 Å². The number of fused-ring (bicyclic) bond motifs is 1. The highest BCUT2D eigenvalue weighted by Gasteiger charge is 2.21. The Hall–Kier alpha value is -2.54. The van der Waals surface area contributed by atoms with Crippen molar-refractivity contribution in [3.05, 3.63) is 57.2 Å². The van der Waals surface area contributed by atoms with Gasteiger partial charge >= 0.3 is 0 Å². The lowest BCUT2D eigenvalue weighted by Gasteiger charge is -2.09. The van der Waals surface area contributed by atoms with E-state index in [0.29, 0.717) is 20.7 Å². The van der Waals surface area contributed by atoms with Gasteiger partial charge in [-0.3, -0.25) is 14.2 Å². The third-order valence-corrected chi connectivity index (χ3v) is 4.79. The lowest BCUT2D eigenvalue weighted by atomic mass is 10.2. The van der Waals surface area contributed by atoms with Gasteiger partial charge < -0.3 is 5.32 Å². The highest BCUT2D eigenvalue weighted by Crippen LogP contribution is 2.28. The van der Waals surface area contributed by atoms with Crippen molar-refractivity contribution in [2.45, 2.75) is 26.8 Å². The van der Waals surface area contributed by atoms with E-state index in [1.807, 2.05) is 13.8 Å². The fourth-order valence-electron chi connectivity index (χ4n) is 2.47. The molecule has 0 fully saturated rings. The van der Waals surface area contributed by atoms with Crippen LogP contribution in [-0.2, 0) is 0 Å². The van der Waals surface area contributed by atoms with Crippen molar-refractivity contribution in [2.75, 3.05) is 5.32 Å². The topological polar surface area (TPSA) is 64.0 Å². The van der Waals surface area contributed by atoms with Gasteiger partial charge in [0.2, 0.25) is 0 Å². The van der Waals surface area contributed by atoms with Crippen LogP contribution in [-0.4, -0.2) is 15.5 Å². The summed E-state index contributed by atoms with van der Waals surface area (Å²) in [6.45, 7) is 5.53. The third-order valence-electron chi connectivity index (χ3n) is 3.70. The Kier molecular flexibility index (Phi) is 4.19. The number of amides is 1. The lowest BCUT2D eigenvalue weighted by Crippen LogP contribution is -2.22. The van der Waals surface area contributed by atoms with Crippen LogP contribution in [0.4, 0.5) is 10.1 Å². The summed E-state index contributed by atoms with van der Waals surface area (Å²) in [6, 6.07) is 5.92. The van der Waals surface area contributed by atoms with Crippen molar-refractivity contribution in [1.29, 1.82) is 0 Å². The molecule has 0 unspecified atom stereocenters. The molecule has 5 nitrogen and oxygen atoms in total. The summed E-state index contributed by atoms with van der Waals surface area (Å²) in [5, 5.41) is 2.55. The monoisotopic (exact) mass is 345 g/mol. The van der Waals surface area contributed by atoms with Gasteiger partial charge in [0.1, 0.15) is 16.0 Å². The molecule has 1 aromatic carbocycles. The Balaban J connectivity index is 2.08. The maximum absolute atomic E-state index is 13.7. The average Bonchev–Trinajstić information content (AvgIpc) is 2.86. The van der Waals surface area contributed by atoms with Gasteiger partial charge in [0.05, 0.1) is 17.6 Å². The van der Waals surface area contributed by atoms with E-state index in [-0.39, 0.29) is 17.3 Å². The average molecular weight is 345 g/mol. The van der Waals surface area contributed by atoms with Crippen molar-refractivity contribution >= 4 is 33.1 Å². The summed E-state index contributed by atoms with van der Waals surface area (Å²) in [4.78, 5) is 30.0. The molecule has 2 heterocycles. The molecule has 0 aliphatic heterocycles. The molecule has 124 valence electrons. The zero-order valence-corrected chi connectivity index (χ0v) is 14.3. The van der Waals surface area contributed by atoms with Crippen LogP contribution in [0, 0.1) is 12.7 Å². The number of nitrogens with one attached hydrogen (secondary N) is 1. The van der Waals surface area contributed by atoms with Gasteiger partial charge in [-0.25, -0.2) is 9.37 Å². The van der Waals surface area contributed by atoms with Crippen molar-refractivity contribution in [2.24, 2.45) is 0 Å². The molecule has 7 heteroatoms. The molecule has 0 bridgehead atoms. The number of hydrogen-bond acceptors (Lipinski definition) is 4. The van der Waals surface area contributed by atoms with E-state index in [1.54, 1.807) is 19.1 Å². The number of halogens is 1. The molecule has 3 rings (SSSR count). The molecule has 0 radical (unpaired) electrons. The summed E-state index contributed by atoms with van der Waals surface area (Å²) < 4.78 is 15.7. The van der Waals surface area contributed by atoms with Gasteiger partial charge in [0, 0.05) is 10.9 Å². The number of rotatable bonds is 3. The molecule has 0 spiro atoms. The molecule has 0 atom stereocenters. The van der Waals surface area contributed by atoms with Gasteiger partial charge in [0.25, 0.3) is 11.5 Å². The normalized spacial score (nSPS) is 11.2. The molecule has 3 aromatic rings. The molecule has 2 aromatic heterocycles. The molecule has 24 heavy (non-hydrogen) atoms. The molecular formula is C17H16FN3O2S. The number of thiophene rings is 1. The van der Waals surface area contributed by atoms with Crippen molar-refractivity contribution < 1.29 is 9.18 Å². The molecule has 1 N–H and O–H groups in total. The maximum atomic E-state index is 13.7. The minimum Gasteiger partial charge on any atom is -0.319 e. The van der Waals surface area contributed by atoms with Crippen molar-refractivity contribution in [3.8, 4) is 0 Å². The van der Waals surface area contributed by atoms with Gasteiger partial charge in [-0.1, -0.05) is 12.1 Å². The summed E-state index contributed by atoms with van der Waals surface area (Å²) in [7, 11) is 0. The Morgan fingerprint density at radius 2 is 2.04 bits per heavy atom. The van der Waals surface area contributed by atoms with Crippen LogP contribution in [0.15, 0.2) is 35.4 Å². The fourth-order valence-corrected chi connectivity index (χ4v) is 3.51. The van der Waals surface area contributed by atoms with Gasteiger partial charge in [-0.05, 0) is 32.9 Å². The number of nitrogens with zero attached hydrogens (tertiary/aromatic N) is 2. The number of carbonyl (C=O) groups is 1. The largest absolute Gasteiger partial charge is 0.319 e. The molecule has 0 saturated heterocycles.